The molecule has 4 nitrogen and oxygen atoms in total. The van der Waals surface area contributed by atoms with Crippen molar-refractivity contribution < 1.29 is 13.6 Å². The van der Waals surface area contributed by atoms with E-state index in [0.717, 1.165) is 10.6 Å². The first-order valence-electron chi connectivity index (χ1n) is 6.48. The smallest absolute Gasteiger partial charge is 0.261 e. The minimum absolute atomic E-state index is 0.106. The van der Waals surface area contributed by atoms with Gasteiger partial charge >= 0.3 is 0 Å². The lowest BCUT2D eigenvalue weighted by Crippen LogP contribution is -2.24. The molecule has 0 aliphatic heterocycles. The molecule has 0 saturated carbocycles. The van der Waals surface area contributed by atoms with E-state index in [9.17, 15) is 18.4 Å². The zero-order chi connectivity index (χ0) is 15.7. The molecule has 0 spiro atoms. The predicted octanol–water partition coefficient (Wildman–Crippen LogP) is 2.56. The van der Waals surface area contributed by atoms with Gasteiger partial charge in [-0.2, -0.15) is 0 Å². The Balaban J connectivity index is 1.97. The van der Waals surface area contributed by atoms with E-state index < -0.39 is 17.2 Å². The van der Waals surface area contributed by atoms with Crippen LogP contribution in [0.1, 0.15) is 10.4 Å². The molecule has 0 aliphatic carbocycles. The number of rotatable bonds is 3. The summed E-state index contributed by atoms with van der Waals surface area (Å²) >= 11 is 0. The number of Topliss-reactive ketones (excluding diaryl/α,β-unsaturated/α-hetero) is 1. The number of ketones is 1. The van der Waals surface area contributed by atoms with Gasteiger partial charge in [-0.3, -0.25) is 14.2 Å². The lowest BCUT2D eigenvalue weighted by atomic mass is 10.1. The summed E-state index contributed by atoms with van der Waals surface area (Å²) in [6, 6.07) is 8.73. The third kappa shape index (κ3) is 2.63. The zero-order valence-corrected chi connectivity index (χ0v) is 11.3. The molecule has 0 aliphatic rings. The monoisotopic (exact) mass is 300 g/mol. The Hall–Kier alpha value is -2.89. The van der Waals surface area contributed by atoms with Crippen LogP contribution in [0, 0.1) is 11.6 Å². The molecule has 22 heavy (non-hydrogen) atoms. The van der Waals surface area contributed by atoms with Gasteiger partial charge in [0.05, 0.1) is 23.8 Å². The van der Waals surface area contributed by atoms with Crippen molar-refractivity contribution in [2.75, 3.05) is 0 Å². The highest BCUT2D eigenvalue weighted by atomic mass is 19.1. The van der Waals surface area contributed by atoms with Crippen LogP contribution in [0.2, 0.25) is 0 Å². The number of carbonyl (C=O) groups excluding carboxylic acids is 1. The molecular formula is C16H10F2N2O2. The SMILES string of the molecule is O=C(Cn1cnc2ccc(F)cc2c1=O)c1ccc(F)cc1. The van der Waals surface area contributed by atoms with Crippen molar-refractivity contribution in [1.82, 2.24) is 9.55 Å². The molecule has 110 valence electrons. The number of halogens is 2. The van der Waals surface area contributed by atoms with Crippen molar-refractivity contribution in [1.29, 1.82) is 0 Å². The Morgan fingerprint density at radius 1 is 1.05 bits per heavy atom. The summed E-state index contributed by atoms with van der Waals surface area (Å²) in [5.41, 5.74) is 0.143. The first-order chi connectivity index (χ1) is 10.5. The van der Waals surface area contributed by atoms with Gasteiger partial charge in [-0.05, 0) is 42.5 Å². The van der Waals surface area contributed by atoms with Crippen LogP contribution in [0.25, 0.3) is 10.9 Å². The maximum atomic E-state index is 13.2. The lowest BCUT2D eigenvalue weighted by molar-refractivity contribution is 0.0970. The summed E-state index contributed by atoms with van der Waals surface area (Å²) in [4.78, 5) is 28.4. The minimum Gasteiger partial charge on any atom is -0.292 e. The van der Waals surface area contributed by atoms with Gasteiger partial charge in [-0.25, -0.2) is 13.8 Å². The zero-order valence-electron chi connectivity index (χ0n) is 11.3. The van der Waals surface area contributed by atoms with Crippen LogP contribution >= 0.6 is 0 Å². The number of nitrogens with zero attached hydrogens (tertiary/aromatic N) is 2. The van der Waals surface area contributed by atoms with Crippen molar-refractivity contribution >= 4 is 16.7 Å². The van der Waals surface area contributed by atoms with Crippen molar-refractivity contribution in [3.63, 3.8) is 0 Å². The molecule has 2 aromatic carbocycles. The van der Waals surface area contributed by atoms with Crippen LogP contribution < -0.4 is 5.56 Å². The number of hydrogen-bond acceptors (Lipinski definition) is 3. The number of carbonyl (C=O) groups is 1. The number of benzene rings is 2. The highest BCUT2D eigenvalue weighted by Gasteiger charge is 2.11. The molecule has 3 rings (SSSR count). The molecule has 0 amide bonds. The summed E-state index contributed by atoms with van der Waals surface area (Å²) in [5.74, 6) is -1.36. The van der Waals surface area contributed by atoms with Crippen molar-refractivity contribution in [2.24, 2.45) is 0 Å². The fourth-order valence-electron chi connectivity index (χ4n) is 2.13. The van der Waals surface area contributed by atoms with Crippen LogP contribution in [0.5, 0.6) is 0 Å². The third-order valence-corrected chi connectivity index (χ3v) is 3.27. The van der Waals surface area contributed by atoms with E-state index in [1.807, 2.05) is 0 Å². The van der Waals surface area contributed by atoms with E-state index in [4.69, 9.17) is 0 Å². The van der Waals surface area contributed by atoms with Crippen molar-refractivity contribution in [3.8, 4) is 0 Å². The second kappa shape index (κ2) is 5.48. The lowest BCUT2D eigenvalue weighted by Gasteiger charge is -2.06. The maximum absolute atomic E-state index is 13.2. The molecule has 0 unspecified atom stereocenters. The molecule has 3 aromatic rings. The number of fused-ring (bicyclic) bond motifs is 1. The fraction of sp³-hybridized carbons (Fsp3) is 0.0625. The van der Waals surface area contributed by atoms with E-state index in [1.165, 1.54) is 42.7 Å². The molecule has 0 saturated heterocycles. The van der Waals surface area contributed by atoms with E-state index >= 15 is 0 Å². The van der Waals surface area contributed by atoms with E-state index in [0.29, 0.717) is 5.52 Å². The number of hydrogen-bond donors (Lipinski definition) is 0. The van der Waals surface area contributed by atoms with Gasteiger partial charge in [-0.1, -0.05) is 0 Å². The average molecular weight is 300 g/mol. The molecule has 1 heterocycles. The Kier molecular flexibility index (Phi) is 3.50. The van der Waals surface area contributed by atoms with Gasteiger partial charge < -0.3 is 0 Å². The van der Waals surface area contributed by atoms with Crippen LogP contribution in [-0.2, 0) is 6.54 Å². The summed E-state index contributed by atoms with van der Waals surface area (Å²) in [6.45, 7) is -0.246. The second-order valence-electron chi connectivity index (χ2n) is 4.77. The Morgan fingerprint density at radius 3 is 2.45 bits per heavy atom. The highest BCUT2D eigenvalue weighted by molar-refractivity contribution is 5.96. The summed E-state index contributed by atoms with van der Waals surface area (Å²) < 4.78 is 27.2. The van der Waals surface area contributed by atoms with Gasteiger partial charge in [0.15, 0.2) is 5.78 Å². The Labute approximate surface area is 123 Å². The topological polar surface area (TPSA) is 52.0 Å². The van der Waals surface area contributed by atoms with E-state index in [1.54, 1.807) is 0 Å². The summed E-state index contributed by atoms with van der Waals surface area (Å²) in [5, 5.41) is 0.106. The summed E-state index contributed by atoms with van der Waals surface area (Å²) in [7, 11) is 0. The van der Waals surface area contributed by atoms with Gasteiger partial charge in [0.1, 0.15) is 11.6 Å². The molecule has 0 bridgehead atoms. The molecule has 0 fully saturated rings. The first kappa shape index (κ1) is 14.1. The van der Waals surface area contributed by atoms with E-state index in [-0.39, 0.29) is 23.3 Å². The predicted molar refractivity (Wildman–Crippen MR) is 76.7 cm³/mol. The molecule has 1 aromatic heterocycles. The van der Waals surface area contributed by atoms with Crippen LogP contribution in [0.15, 0.2) is 53.6 Å². The van der Waals surface area contributed by atoms with Crippen LogP contribution in [0.4, 0.5) is 8.78 Å². The maximum Gasteiger partial charge on any atom is 0.261 e. The van der Waals surface area contributed by atoms with Crippen LogP contribution in [-0.4, -0.2) is 15.3 Å². The standard InChI is InChI=1S/C16H10F2N2O2/c17-11-3-1-10(2-4-11)15(21)8-20-9-19-14-6-5-12(18)7-13(14)16(20)22/h1-7,9H,8H2. The minimum atomic E-state index is -0.547. The molecular weight excluding hydrogens is 290 g/mol. The quantitative estimate of drug-likeness (QED) is 0.699. The Morgan fingerprint density at radius 2 is 1.73 bits per heavy atom. The van der Waals surface area contributed by atoms with E-state index in [2.05, 4.69) is 4.98 Å². The van der Waals surface area contributed by atoms with Crippen molar-refractivity contribution in [3.05, 3.63) is 76.3 Å². The van der Waals surface area contributed by atoms with Gasteiger partial charge in [-0.15, -0.1) is 0 Å². The highest BCUT2D eigenvalue weighted by Crippen LogP contribution is 2.09. The van der Waals surface area contributed by atoms with Gasteiger partial charge in [0.2, 0.25) is 0 Å². The Bertz CT molecular complexity index is 918. The average Bonchev–Trinajstić information content (AvgIpc) is 2.51. The first-order valence-corrected chi connectivity index (χ1v) is 6.48. The fourth-order valence-corrected chi connectivity index (χ4v) is 2.13. The molecule has 0 N–H and O–H groups in total. The largest absolute Gasteiger partial charge is 0.292 e. The third-order valence-electron chi connectivity index (χ3n) is 3.27. The van der Waals surface area contributed by atoms with Crippen molar-refractivity contribution in [2.45, 2.75) is 6.54 Å². The summed E-state index contributed by atoms with van der Waals surface area (Å²) in [6.07, 6.45) is 1.24. The second-order valence-corrected chi connectivity index (χ2v) is 4.77. The molecule has 0 atom stereocenters. The van der Waals surface area contributed by atoms with Crippen LogP contribution in [0.3, 0.4) is 0 Å². The molecule has 6 heteroatoms. The number of aromatic nitrogens is 2. The van der Waals surface area contributed by atoms with Gasteiger partial charge in [0, 0.05) is 5.56 Å². The molecule has 0 radical (unpaired) electrons. The normalized spacial score (nSPS) is 10.8. The van der Waals surface area contributed by atoms with Gasteiger partial charge in [0.25, 0.3) is 5.56 Å².